The summed E-state index contributed by atoms with van der Waals surface area (Å²) < 4.78 is 17.1. The van der Waals surface area contributed by atoms with Crippen molar-refractivity contribution in [2.24, 2.45) is 0 Å². The number of methoxy groups -OCH3 is 1. The van der Waals surface area contributed by atoms with E-state index in [0.717, 1.165) is 34.9 Å². The van der Waals surface area contributed by atoms with Gasteiger partial charge in [0.2, 0.25) is 11.8 Å². The highest BCUT2D eigenvalue weighted by Crippen LogP contribution is 2.29. The summed E-state index contributed by atoms with van der Waals surface area (Å²) in [4.78, 5) is 28.9. The molecule has 1 N–H and O–H groups in total. The second-order valence-electron chi connectivity index (χ2n) is 10.1. The highest BCUT2D eigenvalue weighted by Gasteiger charge is 2.15. The van der Waals surface area contributed by atoms with Gasteiger partial charge in [0.1, 0.15) is 11.5 Å². The number of rotatable bonds is 8. The average Bonchev–Trinajstić information content (AvgIpc) is 2.95. The van der Waals surface area contributed by atoms with Crippen LogP contribution in [0.4, 0.5) is 5.69 Å². The molecule has 1 aliphatic rings. The van der Waals surface area contributed by atoms with Crippen molar-refractivity contribution >= 4 is 28.3 Å². The van der Waals surface area contributed by atoms with Gasteiger partial charge in [0, 0.05) is 12.3 Å². The molecule has 0 unspecified atom stereocenters. The predicted molar refractivity (Wildman–Crippen MR) is 155 cm³/mol. The number of amides is 1. The third kappa shape index (κ3) is 7.17. The van der Waals surface area contributed by atoms with Gasteiger partial charge in [-0.3, -0.25) is 4.79 Å². The Labute approximate surface area is 234 Å². The lowest BCUT2D eigenvalue weighted by Gasteiger charge is -2.21. The van der Waals surface area contributed by atoms with Crippen molar-refractivity contribution in [2.45, 2.75) is 57.5 Å². The Hall–Kier alpha value is -4.39. The molecule has 0 aliphatic heterocycles. The van der Waals surface area contributed by atoms with Crippen LogP contribution in [0.5, 0.6) is 17.4 Å². The number of anilines is 1. The largest absolute Gasteiger partial charge is 0.490 e. The Morgan fingerprint density at radius 3 is 2.27 bits per heavy atom. The molecule has 1 amide bonds. The summed E-state index contributed by atoms with van der Waals surface area (Å²) in [6.45, 7) is 0. The van der Waals surface area contributed by atoms with Crippen molar-refractivity contribution in [3.8, 4) is 17.4 Å². The summed E-state index contributed by atoms with van der Waals surface area (Å²) in [5.41, 5.74) is 1.42. The Morgan fingerprint density at radius 1 is 0.850 bits per heavy atom. The van der Waals surface area contributed by atoms with Gasteiger partial charge in [0.05, 0.1) is 30.9 Å². The van der Waals surface area contributed by atoms with Crippen LogP contribution in [0.1, 0.15) is 60.9 Å². The summed E-state index contributed by atoms with van der Waals surface area (Å²) in [6, 6.07) is 22.4. The Morgan fingerprint density at radius 2 is 1.55 bits per heavy atom. The highest BCUT2D eigenvalue weighted by atomic mass is 16.5. The molecule has 0 spiro atoms. The minimum absolute atomic E-state index is 0.101. The maximum Gasteiger partial charge on any atom is 0.339 e. The van der Waals surface area contributed by atoms with Gasteiger partial charge in [-0.15, -0.1) is 0 Å². The van der Waals surface area contributed by atoms with E-state index in [4.69, 9.17) is 14.2 Å². The molecule has 3 aromatic carbocycles. The van der Waals surface area contributed by atoms with E-state index in [9.17, 15) is 9.59 Å². The Balaban J connectivity index is 1.18. The molecule has 0 saturated heterocycles. The van der Waals surface area contributed by atoms with Crippen molar-refractivity contribution in [1.82, 2.24) is 4.98 Å². The molecule has 1 saturated carbocycles. The smallest absolute Gasteiger partial charge is 0.339 e. The fourth-order valence-corrected chi connectivity index (χ4v) is 5.02. The maximum atomic E-state index is 12.6. The predicted octanol–water partition coefficient (Wildman–Crippen LogP) is 7.49. The molecule has 5 rings (SSSR count). The number of nitrogens with one attached hydrogen (secondary N) is 1. The van der Waals surface area contributed by atoms with E-state index in [1.54, 1.807) is 42.6 Å². The standard InChI is InChI=1S/C33H34N2O5/c1-38-33(37)29-11-7-8-12-30(29)35-31(36)19-23-13-18-32(34-22-23)40-28-17-15-24-20-27(16-14-25(24)21-28)39-26-9-5-3-2-4-6-10-26/h7-8,11-18,20-22,26H,2-6,9-10,19H2,1H3,(H,35,36). The summed E-state index contributed by atoms with van der Waals surface area (Å²) in [5, 5.41) is 4.92. The first-order valence-electron chi connectivity index (χ1n) is 13.9. The minimum atomic E-state index is -0.508. The lowest BCUT2D eigenvalue weighted by Crippen LogP contribution is -2.17. The van der Waals surface area contributed by atoms with Crippen molar-refractivity contribution in [3.05, 3.63) is 90.1 Å². The molecule has 0 radical (unpaired) electrons. The number of ether oxygens (including phenoxy) is 3. The Kier molecular flexibility index (Phi) is 8.91. The van der Waals surface area contributed by atoms with Crippen LogP contribution in [0.2, 0.25) is 0 Å². The molecule has 0 atom stereocenters. The number of benzene rings is 3. The molecule has 1 heterocycles. The number of carbonyl (C=O) groups excluding carboxylic acids is 2. The van der Waals surface area contributed by atoms with Gasteiger partial charge >= 0.3 is 5.97 Å². The number of esters is 1. The van der Waals surface area contributed by atoms with Crippen molar-refractivity contribution in [3.63, 3.8) is 0 Å². The molecule has 1 fully saturated rings. The summed E-state index contributed by atoms with van der Waals surface area (Å²) in [6.07, 6.45) is 10.7. The molecule has 7 nitrogen and oxygen atoms in total. The number of pyridine rings is 1. The lowest BCUT2D eigenvalue weighted by atomic mass is 9.98. The molecule has 206 valence electrons. The molecular formula is C33H34N2O5. The number of fused-ring (bicyclic) bond motifs is 1. The van der Waals surface area contributed by atoms with Crippen LogP contribution in [0.3, 0.4) is 0 Å². The van der Waals surface area contributed by atoms with Crippen LogP contribution in [-0.2, 0) is 16.0 Å². The third-order valence-corrected chi connectivity index (χ3v) is 7.13. The van der Waals surface area contributed by atoms with Crippen molar-refractivity contribution < 1.29 is 23.8 Å². The normalized spacial score (nSPS) is 14.1. The zero-order chi connectivity index (χ0) is 27.7. The molecule has 1 aliphatic carbocycles. The van der Waals surface area contributed by atoms with E-state index >= 15 is 0 Å². The summed E-state index contributed by atoms with van der Waals surface area (Å²) >= 11 is 0. The van der Waals surface area contributed by atoms with E-state index in [-0.39, 0.29) is 12.3 Å². The Bertz CT molecular complexity index is 1460. The monoisotopic (exact) mass is 538 g/mol. The van der Waals surface area contributed by atoms with Crippen LogP contribution < -0.4 is 14.8 Å². The topological polar surface area (TPSA) is 86.8 Å². The number of nitrogens with zero attached hydrogens (tertiary/aromatic N) is 1. The maximum absolute atomic E-state index is 12.6. The third-order valence-electron chi connectivity index (χ3n) is 7.13. The molecule has 7 heteroatoms. The van der Waals surface area contributed by atoms with Crippen LogP contribution in [-0.4, -0.2) is 30.1 Å². The van der Waals surface area contributed by atoms with Gasteiger partial charge in [-0.2, -0.15) is 0 Å². The van der Waals surface area contributed by atoms with E-state index in [2.05, 4.69) is 22.4 Å². The second-order valence-corrected chi connectivity index (χ2v) is 10.1. The number of aromatic nitrogens is 1. The number of hydrogen-bond donors (Lipinski definition) is 1. The van der Waals surface area contributed by atoms with E-state index in [1.165, 1.54) is 39.2 Å². The fourth-order valence-electron chi connectivity index (χ4n) is 5.02. The van der Waals surface area contributed by atoms with Gasteiger partial charge in [-0.1, -0.05) is 49.6 Å². The average molecular weight is 539 g/mol. The fraction of sp³-hybridized carbons (Fsp3) is 0.303. The summed E-state index contributed by atoms with van der Waals surface area (Å²) in [5.74, 6) is 1.26. The van der Waals surface area contributed by atoms with E-state index in [1.807, 2.05) is 24.3 Å². The second kappa shape index (κ2) is 13.1. The zero-order valence-electron chi connectivity index (χ0n) is 22.7. The van der Waals surface area contributed by atoms with E-state index in [0.29, 0.717) is 29.0 Å². The first-order chi connectivity index (χ1) is 19.6. The quantitative estimate of drug-likeness (QED) is 0.234. The van der Waals surface area contributed by atoms with Crippen LogP contribution in [0.15, 0.2) is 79.0 Å². The minimum Gasteiger partial charge on any atom is -0.490 e. The van der Waals surface area contributed by atoms with E-state index < -0.39 is 5.97 Å². The van der Waals surface area contributed by atoms with Crippen LogP contribution in [0.25, 0.3) is 10.8 Å². The molecule has 0 bridgehead atoms. The molecule has 4 aromatic rings. The molecule has 1 aromatic heterocycles. The first kappa shape index (κ1) is 27.2. The summed E-state index contributed by atoms with van der Waals surface area (Å²) in [7, 11) is 1.30. The molecule has 40 heavy (non-hydrogen) atoms. The van der Waals surface area contributed by atoms with Crippen molar-refractivity contribution in [1.29, 1.82) is 0 Å². The number of para-hydroxylation sites is 1. The van der Waals surface area contributed by atoms with Crippen molar-refractivity contribution in [2.75, 3.05) is 12.4 Å². The van der Waals surface area contributed by atoms with Gasteiger partial charge in [0.15, 0.2) is 0 Å². The number of hydrogen-bond acceptors (Lipinski definition) is 6. The van der Waals surface area contributed by atoms with Gasteiger partial charge < -0.3 is 19.5 Å². The highest BCUT2D eigenvalue weighted by molar-refractivity contribution is 6.01. The lowest BCUT2D eigenvalue weighted by molar-refractivity contribution is -0.115. The van der Waals surface area contributed by atoms with Crippen LogP contribution >= 0.6 is 0 Å². The SMILES string of the molecule is COC(=O)c1ccccc1NC(=O)Cc1ccc(Oc2ccc3cc(OC4CCCCCCC4)ccc3c2)nc1. The van der Waals surface area contributed by atoms with Crippen LogP contribution in [0, 0.1) is 0 Å². The molecular weight excluding hydrogens is 504 g/mol. The number of carbonyl (C=O) groups is 2. The van der Waals surface area contributed by atoms with Gasteiger partial charge in [-0.25, -0.2) is 9.78 Å². The zero-order valence-corrected chi connectivity index (χ0v) is 22.7. The first-order valence-corrected chi connectivity index (χ1v) is 13.9. The van der Waals surface area contributed by atoms with Gasteiger partial charge in [-0.05, 0) is 78.4 Å². The van der Waals surface area contributed by atoms with Gasteiger partial charge in [0.25, 0.3) is 0 Å².